The highest BCUT2D eigenvalue weighted by molar-refractivity contribution is 7.99. The van der Waals surface area contributed by atoms with Gasteiger partial charge in [0, 0.05) is 54.1 Å². The topological polar surface area (TPSA) is 41.3 Å². The highest BCUT2D eigenvalue weighted by atomic mass is 32.2. The fourth-order valence-electron chi connectivity index (χ4n) is 4.03. The average molecular weight is 408 g/mol. The van der Waals surface area contributed by atoms with Crippen molar-refractivity contribution in [3.63, 3.8) is 0 Å². The Balaban J connectivity index is 1.58. The first-order valence-corrected chi connectivity index (χ1v) is 10.4. The molecule has 0 radical (unpaired) electrons. The van der Waals surface area contributed by atoms with Crippen molar-refractivity contribution in [2.24, 2.45) is 5.73 Å². The molecule has 2 aromatic carbocycles. The number of nitrogens with one attached hydrogen (secondary N) is 1. The number of likely N-dealkylation sites (tertiary alicyclic amines) is 1. The SMILES string of the molecule is NCCN1CCC(Nc2cc3c(c(C(F)(F)F)c2)Cc2ccccc2S3)CC1. The first-order valence-electron chi connectivity index (χ1n) is 9.63. The summed E-state index contributed by atoms with van der Waals surface area (Å²) in [6.07, 6.45) is -2.22. The number of nitrogens with two attached hydrogens (primary N) is 1. The quantitative estimate of drug-likeness (QED) is 0.664. The Kier molecular flexibility index (Phi) is 5.58. The summed E-state index contributed by atoms with van der Waals surface area (Å²) in [5.74, 6) is 0. The van der Waals surface area contributed by atoms with Crippen molar-refractivity contribution in [2.75, 3.05) is 31.5 Å². The lowest BCUT2D eigenvalue weighted by Gasteiger charge is -2.33. The Morgan fingerprint density at radius 2 is 1.86 bits per heavy atom. The van der Waals surface area contributed by atoms with Crippen LogP contribution in [0.5, 0.6) is 0 Å². The highest BCUT2D eigenvalue weighted by Crippen LogP contribution is 2.46. The Labute approximate surface area is 167 Å². The molecule has 0 spiro atoms. The second-order valence-electron chi connectivity index (χ2n) is 7.43. The number of rotatable bonds is 4. The molecule has 150 valence electrons. The number of nitrogens with zero attached hydrogens (tertiary/aromatic N) is 1. The van der Waals surface area contributed by atoms with Gasteiger partial charge in [0.15, 0.2) is 0 Å². The van der Waals surface area contributed by atoms with E-state index < -0.39 is 11.7 Å². The summed E-state index contributed by atoms with van der Waals surface area (Å²) in [7, 11) is 0. The zero-order valence-corrected chi connectivity index (χ0v) is 16.4. The van der Waals surface area contributed by atoms with Gasteiger partial charge >= 0.3 is 6.18 Å². The van der Waals surface area contributed by atoms with E-state index in [1.807, 2.05) is 30.3 Å². The molecule has 2 aliphatic heterocycles. The van der Waals surface area contributed by atoms with Crippen molar-refractivity contribution in [1.29, 1.82) is 0 Å². The maximum absolute atomic E-state index is 13.8. The Hall–Kier alpha value is -1.70. The predicted octanol–water partition coefficient (Wildman–Crippen LogP) is 4.60. The first kappa shape index (κ1) is 19.6. The summed E-state index contributed by atoms with van der Waals surface area (Å²) in [5.41, 5.74) is 7.00. The maximum Gasteiger partial charge on any atom is 0.416 e. The first-order chi connectivity index (χ1) is 13.4. The van der Waals surface area contributed by atoms with Gasteiger partial charge in [-0.3, -0.25) is 0 Å². The van der Waals surface area contributed by atoms with Crippen molar-refractivity contribution >= 4 is 17.4 Å². The van der Waals surface area contributed by atoms with Gasteiger partial charge in [-0.25, -0.2) is 0 Å². The Bertz CT molecular complexity index is 845. The zero-order chi connectivity index (χ0) is 19.7. The number of hydrogen-bond donors (Lipinski definition) is 2. The van der Waals surface area contributed by atoms with Crippen LogP contribution in [0.1, 0.15) is 29.5 Å². The normalized spacial score (nSPS) is 17.9. The number of hydrogen-bond acceptors (Lipinski definition) is 4. The second-order valence-corrected chi connectivity index (χ2v) is 8.52. The minimum Gasteiger partial charge on any atom is -0.382 e. The summed E-state index contributed by atoms with van der Waals surface area (Å²) < 4.78 is 41.4. The fourth-order valence-corrected chi connectivity index (χ4v) is 5.18. The molecule has 7 heteroatoms. The molecule has 0 aromatic heterocycles. The van der Waals surface area contributed by atoms with Crippen molar-refractivity contribution in [1.82, 2.24) is 4.90 Å². The molecule has 2 aromatic rings. The maximum atomic E-state index is 13.8. The molecule has 3 N–H and O–H groups in total. The molecule has 28 heavy (non-hydrogen) atoms. The van der Waals surface area contributed by atoms with Gasteiger partial charge in [-0.15, -0.1) is 0 Å². The van der Waals surface area contributed by atoms with Crippen LogP contribution in [-0.2, 0) is 12.6 Å². The minimum absolute atomic E-state index is 0.189. The van der Waals surface area contributed by atoms with E-state index in [2.05, 4.69) is 10.2 Å². The highest BCUT2D eigenvalue weighted by Gasteiger charge is 2.36. The third kappa shape index (κ3) is 4.16. The van der Waals surface area contributed by atoms with Crippen LogP contribution in [-0.4, -0.2) is 37.1 Å². The van der Waals surface area contributed by atoms with Crippen LogP contribution in [0.15, 0.2) is 46.2 Å². The van der Waals surface area contributed by atoms with Crippen molar-refractivity contribution in [3.8, 4) is 0 Å². The third-order valence-electron chi connectivity index (χ3n) is 5.48. The molecule has 2 aliphatic rings. The van der Waals surface area contributed by atoms with E-state index in [-0.39, 0.29) is 6.04 Å². The second kappa shape index (κ2) is 7.97. The van der Waals surface area contributed by atoms with Gasteiger partial charge in [0.1, 0.15) is 0 Å². The smallest absolute Gasteiger partial charge is 0.382 e. The van der Waals surface area contributed by atoms with Gasteiger partial charge in [0.25, 0.3) is 0 Å². The lowest BCUT2D eigenvalue weighted by atomic mass is 9.97. The molecule has 0 atom stereocenters. The van der Waals surface area contributed by atoms with E-state index in [0.29, 0.717) is 29.1 Å². The van der Waals surface area contributed by atoms with Crippen LogP contribution in [0.4, 0.5) is 18.9 Å². The van der Waals surface area contributed by atoms with Crippen LogP contribution >= 0.6 is 11.8 Å². The minimum atomic E-state index is -4.36. The summed E-state index contributed by atoms with van der Waals surface area (Å²) in [6.45, 7) is 3.36. The van der Waals surface area contributed by atoms with E-state index in [1.165, 1.54) is 17.8 Å². The number of piperidine rings is 1. The molecular formula is C21H24F3N3S. The fraction of sp³-hybridized carbons (Fsp3) is 0.429. The molecule has 0 bridgehead atoms. The number of halogens is 3. The van der Waals surface area contributed by atoms with E-state index in [1.54, 1.807) is 0 Å². The monoisotopic (exact) mass is 407 g/mol. The molecule has 1 saturated heterocycles. The van der Waals surface area contributed by atoms with Gasteiger partial charge in [0.05, 0.1) is 5.56 Å². The number of alkyl halides is 3. The van der Waals surface area contributed by atoms with Crippen molar-refractivity contribution in [3.05, 3.63) is 53.1 Å². The van der Waals surface area contributed by atoms with Gasteiger partial charge < -0.3 is 16.0 Å². The Morgan fingerprint density at radius 1 is 1.11 bits per heavy atom. The van der Waals surface area contributed by atoms with E-state index in [4.69, 9.17) is 5.73 Å². The lowest BCUT2D eigenvalue weighted by molar-refractivity contribution is -0.138. The third-order valence-corrected chi connectivity index (χ3v) is 6.68. The van der Waals surface area contributed by atoms with Crippen LogP contribution in [0.3, 0.4) is 0 Å². The van der Waals surface area contributed by atoms with E-state index in [9.17, 15) is 13.2 Å². The molecular weight excluding hydrogens is 383 g/mol. The molecule has 0 saturated carbocycles. The standard InChI is InChI=1S/C21H24F3N3S/c22-21(23,24)18-12-16(26-15-5-8-27(9-6-15)10-7-25)13-20-17(18)11-14-3-1-2-4-19(14)28-20/h1-4,12-13,15,26H,5-11,25H2. The number of anilines is 1. The van der Waals surface area contributed by atoms with Crippen LogP contribution in [0.25, 0.3) is 0 Å². The van der Waals surface area contributed by atoms with Gasteiger partial charge in [0.2, 0.25) is 0 Å². The van der Waals surface area contributed by atoms with Crippen LogP contribution in [0.2, 0.25) is 0 Å². The molecule has 0 aliphatic carbocycles. The molecule has 0 amide bonds. The van der Waals surface area contributed by atoms with Gasteiger partial charge in [-0.05, 0) is 42.2 Å². The zero-order valence-electron chi connectivity index (χ0n) is 15.6. The number of fused-ring (bicyclic) bond motifs is 2. The molecule has 2 heterocycles. The summed E-state index contributed by atoms with van der Waals surface area (Å²) >= 11 is 1.43. The average Bonchev–Trinajstić information content (AvgIpc) is 2.67. The van der Waals surface area contributed by atoms with E-state index in [0.717, 1.165) is 42.9 Å². The largest absolute Gasteiger partial charge is 0.416 e. The molecule has 1 fully saturated rings. The lowest BCUT2D eigenvalue weighted by Crippen LogP contribution is -2.41. The molecule has 4 rings (SSSR count). The van der Waals surface area contributed by atoms with Crippen molar-refractivity contribution in [2.45, 2.75) is 41.3 Å². The van der Waals surface area contributed by atoms with Crippen LogP contribution in [0, 0.1) is 0 Å². The number of benzene rings is 2. The summed E-state index contributed by atoms with van der Waals surface area (Å²) in [6, 6.07) is 11.1. The van der Waals surface area contributed by atoms with Crippen LogP contribution < -0.4 is 11.1 Å². The van der Waals surface area contributed by atoms with Gasteiger partial charge in [-0.1, -0.05) is 30.0 Å². The summed E-state index contributed by atoms with van der Waals surface area (Å²) in [5, 5.41) is 3.36. The molecule has 3 nitrogen and oxygen atoms in total. The molecule has 0 unspecified atom stereocenters. The predicted molar refractivity (Wildman–Crippen MR) is 107 cm³/mol. The summed E-state index contributed by atoms with van der Waals surface area (Å²) in [4.78, 5) is 4.05. The Morgan fingerprint density at radius 3 is 2.57 bits per heavy atom. The van der Waals surface area contributed by atoms with E-state index >= 15 is 0 Å². The van der Waals surface area contributed by atoms with Crippen molar-refractivity contribution < 1.29 is 13.2 Å². The van der Waals surface area contributed by atoms with Gasteiger partial charge in [-0.2, -0.15) is 13.2 Å².